The molecule has 3 N–H and O–H groups in total. The standard InChI is InChI=1S/C8H14N2O/c1-7(4-9)10-5-8-2-3-11-6-8/h2-3,6-7,10H,4-5,9H2,1H3/t7-/m1/s1. The van der Waals surface area contributed by atoms with Gasteiger partial charge < -0.3 is 15.5 Å². The van der Waals surface area contributed by atoms with E-state index in [4.69, 9.17) is 10.2 Å². The van der Waals surface area contributed by atoms with Crippen LogP contribution in [0.4, 0.5) is 0 Å². The Balaban J connectivity index is 2.23. The summed E-state index contributed by atoms with van der Waals surface area (Å²) in [5.74, 6) is 0. The molecule has 0 saturated carbocycles. The number of hydrogen-bond donors (Lipinski definition) is 2. The van der Waals surface area contributed by atoms with Crippen molar-refractivity contribution in [3.8, 4) is 0 Å². The monoisotopic (exact) mass is 154 g/mol. The van der Waals surface area contributed by atoms with Crippen LogP contribution in [0.2, 0.25) is 0 Å². The lowest BCUT2D eigenvalue weighted by atomic mass is 10.3. The molecule has 1 atom stereocenters. The van der Waals surface area contributed by atoms with Crippen LogP contribution in [0.3, 0.4) is 0 Å². The van der Waals surface area contributed by atoms with Crippen molar-refractivity contribution < 1.29 is 4.42 Å². The van der Waals surface area contributed by atoms with Gasteiger partial charge in [0.2, 0.25) is 0 Å². The Morgan fingerprint density at radius 1 is 1.73 bits per heavy atom. The molecule has 0 spiro atoms. The second-order valence-corrected chi connectivity index (χ2v) is 2.65. The highest BCUT2D eigenvalue weighted by Gasteiger charge is 1.97. The maximum Gasteiger partial charge on any atom is 0.0947 e. The molecule has 0 aliphatic carbocycles. The summed E-state index contributed by atoms with van der Waals surface area (Å²) in [7, 11) is 0. The van der Waals surface area contributed by atoms with Crippen LogP contribution >= 0.6 is 0 Å². The highest BCUT2D eigenvalue weighted by Crippen LogP contribution is 1.98. The van der Waals surface area contributed by atoms with Crippen molar-refractivity contribution in [2.24, 2.45) is 5.73 Å². The van der Waals surface area contributed by atoms with E-state index in [9.17, 15) is 0 Å². The Kier molecular flexibility index (Phi) is 3.14. The Morgan fingerprint density at radius 2 is 2.55 bits per heavy atom. The Hall–Kier alpha value is -0.800. The molecule has 0 fully saturated rings. The molecule has 3 heteroatoms. The maximum absolute atomic E-state index is 5.43. The molecule has 0 aliphatic rings. The number of rotatable bonds is 4. The van der Waals surface area contributed by atoms with E-state index in [1.54, 1.807) is 12.5 Å². The summed E-state index contributed by atoms with van der Waals surface area (Å²) in [6.07, 6.45) is 3.40. The van der Waals surface area contributed by atoms with E-state index >= 15 is 0 Å². The fourth-order valence-electron chi connectivity index (χ4n) is 0.769. The molecule has 0 aromatic carbocycles. The Labute approximate surface area is 66.6 Å². The zero-order valence-electron chi connectivity index (χ0n) is 6.71. The van der Waals surface area contributed by atoms with E-state index in [2.05, 4.69) is 12.2 Å². The average molecular weight is 154 g/mol. The molecule has 11 heavy (non-hydrogen) atoms. The van der Waals surface area contributed by atoms with Gasteiger partial charge in [0.1, 0.15) is 0 Å². The first kappa shape index (κ1) is 8.30. The normalized spacial score (nSPS) is 13.3. The van der Waals surface area contributed by atoms with Crippen molar-refractivity contribution in [3.63, 3.8) is 0 Å². The van der Waals surface area contributed by atoms with Gasteiger partial charge in [-0.25, -0.2) is 0 Å². The number of nitrogens with two attached hydrogens (primary N) is 1. The molecule has 1 heterocycles. The molecule has 0 bridgehead atoms. The van der Waals surface area contributed by atoms with Crippen LogP contribution < -0.4 is 11.1 Å². The second kappa shape index (κ2) is 4.16. The molecule has 1 rings (SSSR count). The van der Waals surface area contributed by atoms with Crippen molar-refractivity contribution in [3.05, 3.63) is 24.2 Å². The van der Waals surface area contributed by atoms with Crippen molar-refractivity contribution in [1.29, 1.82) is 0 Å². The van der Waals surface area contributed by atoms with E-state index < -0.39 is 0 Å². The third kappa shape index (κ3) is 2.74. The molecule has 0 amide bonds. The maximum atomic E-state index is 5.43. The SMILES string of the molecule is C[C@H](CN)NCc1ccoc1. The van der Waals surface area contributed by atoms with E-state index in [1.165, 1.54) is 0 Å². The fourth-order valence-corrected chi connectivity index (χ4v) is 0.769. The summed E-state index contributed by atoms with van der Waals surface area (Å²) in [6, 6.07) is 2.31. The van der Waals surface area contributed by atoms with Crippen molar-refractivity contribution >= 4 is 0 Å². The summed E-state index contributed by atoms with van der Waals surface area (Å²) in [5, 5.41) is 3.25. The van der Waals surface area contributed by atoms with Crippen LogP contribution in [0.5, 0.6) is 0 Å². The molecular weight excluding hydrogens is 140 g/mol. The number of furan rings is 1. The van der Waals surface area contributed by atoms with Crippen molar-refractivity contribution in [2.75, 3.05) is 6.54 Å². The van der Waals surface area contributed by atoms with Crippen LogP contribution in [-0.2, 0) is 6.54 Å². The van der Waals surface area contributed by atoms with Crippen molar-refractivity contribution in [1.82, 2.24) is 5.32 Å². The van der Waals surface area contributed by atoms with Crippen LogP contribution in [0, 0.1) is 0 Å². The van der Waals surface area contributed by atoms with Gasteiger partial charge in [-0.1, -0.05) is 0 Å². The molecular formula is C8H14N2O. The lowest BCUT2D eigenvalue weighted by molar-refractivity contribution is 0.539. The Morgan fingerprint density at radius 3 is 3.09 bits per heavy atom. The third-order valence-corrected chi connectivity index (χ3v) is 1.59. The number of hydrogen-bond acceptors (Lipinski definition) is 3. The highest BCUT2D eigenvalue weighted by atomic mass is 16.3. The molecule has 62 valence electrons. The summed E-state index contributed by atoms with van der Waals surface area (Å²) >= 11 is 0. The average Bonchev–Trinajstić information content (AvgIpc) is 2.52. The molecule has 1 aromatic rings. The zero-order chi connectivity index (χ0) is 8.10. The molecule has 0 saturated heterocycles. The van der Waals surface area contributed by atoms with Crippen molar-refractivity contribution in [2.45, 2.75) is 19.5 Å². The van der Waals surface area contributed by atoms with E-state index in [0.29, 0.717) is 12.6 Å². The van der Waals surface area contributed by atoms with E-state index in [-0.39, 0.29) is 0 Å². The first-order valence-electron chi connectivity index (χ1n) is 3.77. The summed E-state index contributed by atoms with van der Waals surface area (Å²) in [6.45, 7) is 3.55. The second-order valence-electron chi connectivity index (χ2n) is 2.65. The first-order chi connectivity index (χ1) is 5.33. The smallest absolute Gasteiger partial charge is 0.0947 e. The van der Waals surface area contributed by atoms with Crippen LogP contribution in [0.25, 0.3) is 0 Å². The quantitative estimate of drug-likeness (QED) is 0.671. The topological polar surface area (TPSA) is 51.2 Å². The lowest BCUT2D eigenvalue weighted by Crippen LogP contribution is -2.32. The fraction of sp³-hybridized carbons (Fsp3) is 0.500. The lowest BCUT2D eigenvalue weighted by Gasteiger charge is -2.08. The predicted molar refractivity (Wildman–Crippen MR) is 44.1 cm³/mol. The zero-order valence-corrected chi connectivity index (χ0v) is 6.71. The van der Waals surface area contributed by atoms with Gasteiger partial charge in [0.05, 0.1) is 12.5 Å². The van der Waals surface area contributed by atoms with Gasteiger partial charge in [0.25, 0.3) is 0 Å². The van der Waals surface area contributed by atoms with E-state index in [0.717, 1.165) is 12.1 Å². The molecule has 0 radical (unpaired) electrons. The minimum absolute atomic E-state index is 0.366. The first-order valence-corrected chi connectivity index (χ1v) is 3.77. The predicted octanol–water partition coefficient (Wildman–Crippen LogP) is 0.716. The van der Waals surface area contributed by atoms with Gasteiger partial charge in [-0.3, -0.25) is 0 Å². The molecule has 0 unspecified atom stereocenters. The molecule has 0 aliphatic heterocycles. The largest absolute Gasteiger partial charge is 0.472 e. The van der Waals surface area contributed by atoms with Gasteiger partial charge >= 0.3 is 0 Å². The van der Waals surface area contributed by atoms with Gasteiger partial charge in [-0.2, -0.15) is 0 Å². The minimum atomic E-state index is 0.366. The summed E-state index contributed by atoms with van der Waals surface area (Å²) < 4.78 is 4.91. The van der Waals surface area contributed by atoms with Gasteiger partial charge in [-0.05, 0) is 13.0 Å². The van der Waals surface area contributed by atoms with Gasteiger partial charge in [-0.15, -0.1) is 0 Å². The summed E-state index contributed by atoms with van der Waals surface area (Å²) in [5.41, 5.74) is 6.58. The minimum Gasteiger partial charge on any atom is -0.472 e. The highest BCUT2D eigenvalue weighted by molar-refractivity contribution is 5.04. The van der Waals surface area contributed by atoms with Gasteiger partial charge in [0, 0.05) is 24.7 Å². The number of nitrogens with one attached hydrogen (secondary N) is 1. The summed E-state index contributed by atoms with van der Waals surface area (Å²) in [4.78, 5) is 0. The van der Waals surface area contributed by atoms with Gasteiger partial charge in [0.15, 0.2) is 0 Å². The van der Waals surface area contributed by atoms with Crippen LogP contribution in [-0.4, -0.2) is 12.6 Å². The van der Waals surface area contributed by atoms with E-state index in [1.807, 2.05) is 6.07 Å². The Bertz CT molecular complexity index is 184. The van der Waals surface area contributed by atoms with Crippen LogP contribution in [0.1, 0.15) is 12.5 Å². The molecule has 3 nitrogen and oxygen atoms in total. The third-order valence-electron chi connectivity index (χ3n) is 1.59. The van der Waals surface area contributed by atoms with Crippen LogP contribution in [0.15, 0.2) is 23.0 Å². The molecule has 1 aromatic heterocycles.